The molecule has 0 unspecified atom stereocenters. The Labute approximate surface area is 131 Å². The van der Waals surface area contributed by atoms with E-state index in [0.29, 0.717) is 6.04 Å². The third kappa shape index (κ3) is 3.55. The number of H-pyrrole nitrogens is 1. The molecular formula is C17H24N4O. The van der Waals surface area contributed by atoms with Gasteiger partial charge in [-0.2, -0.15) is 0 Å². The average molecular weight is 300 g/mol. The third-order valence-corrected chi connectivity index (χ3v) is 4.21. The zero-order valence-electron chi connectivity index (χ0n) is 13.3. The monoisotopic (exact) mass is 300 g/mol. The van der Waals surface area contributed by atoms with Gasteiger partial charge < -0.3 is 9.72 Å². The fourth-order valence-electron chi connectivity index (χ4n) is 3.15. The quantitative estimate of drug-likeness (QED) is 0.916. The highest BCUT2D eigenvalue weighted by atomic mass is 16.5. The zero-order chi connectivity index (χ0) is 15.4. The van der Waals surface area contributed by atoms with Gasteiger partial charge in [0.15, 0.2) is 0 Å². The topological polar surface area (TPSA) is 44.4 Å². The predicted molar refractivity (Wildman–Crippen MR) is 86.5 cm³/mol. The van der Waals surface area contributed by atoms with E-state index in [0.717, 1.165) is 32.1 Å². The largest absolute Gasteiger partial charge is 0.374 e. The van der Waals surface area contributed by atoms with Crippen LogP contribution >= 0.6 is 0 Å². The van der Waals surface area contributed by atoms with Gasteiger partial charge in [0.2, 0.25) is 0 Å². The Morgan fingerprint density at radius 3 is 2.91 bits per heavy atom. The summed E-state index contributed by atoms with van der Waals surface area (Å²) < 4.78 is 6.09. The number of morpholine rings is 1. The molecule has 1 aromatic heterocycles. The third-order valence-electron chi connectivity index (χ3n) is 4.21. The average Bonchev–Trinajstić information content (AvgIpc) is 3.01. The Kier molecular flexibility index (Phi) is 4.87. The van der Waals surface area contributed by atoms with Crippen LogP contribution in [0.15, 0.2) is 42.7 Å². The minimum absolute atomic E-state index is 0.168. The van der Waals surface area contributed by atoms with Crippen LogP contribution in [0.25, 0.3) is 0 Å². The van der Waals surface area contributed by atoms with Gasteiger partial charge in [-0.15, -0.1) is 0 Å². The van der Waals surface area contributed by atoms with E-state index in [1.807, 2.05) is 6.20 Å². The van der Waals surface area contributed by atoms with Crippen molar-refractivity contribution in [2.24, 2.45) is 0 Å². The number of rotatable bonds is 5. The highest BCUT2D eigenvalue weighted by molar-refractivity contribution is 5.21. The molecule has 1 aliphatic heterocycles. The highest BCUT2D eigenvalue weighted by Gasteiger charge is 2.32. The van der Waals surface area contributed by atoms with Crippen molar-refractivity contribution in [2.75, 3.05) is 33.8 Å². The van der Waals surface area contributed by atoms with Crippen molar-refractivity contribution in [3.8, 4) is 0 Å². The summed E-state index contributed by atoms with van der Waals surface area (Å²) >= 11 is 0. The van der Waals surface area contributed by atoms with Crippen LogP contribution in [0.2, 0.25) is 0 Å². The van der Waals surface area contributed by atoms with Crippen molar-refractivity contribution in [2.45, 2.75) is 18.7 Å². The number of aromatic amines is 1. The molecule has 0 bridgehead atoms. The number of ether oxygens (including phenoxy) is 1. The lowest BCUT2D eigenvalue weighted by Crippen LogP contribution is -2.47. The molecule has 3 rings (SSSR count). The molecule has 0 aliphatic carbocycles. The van der Waals surface area contributed by atoms with Gasteiger partial charge in [0.25, 0.3) is 0 Å². The van der Waals surface area contributed by atoms with Crippen molar-refractivity contribution in [1.29, 1.82) is 0 Å². The van der Waals surface area contributed by atoms with E-state index in [4.69, 9.17) is 4.74 Å². The molecule has 22 heavy (non-hydrogen) atoms. The highest BCUT2D eigenvalue weighted by Crippen LogP contribution is 2.28. The minimum Gasteiger partial charge on any atom is -0.374 e. The number of hydrogen-bond acceptors (Lipinski definition) is 4. The van der Waals surface area contributed by atoms with Crippen LogP contribution in [-0.2, 0) is 11.3 Å². The van der Waals surface area contributed by atoms with Crippen molar-refractivity contribution >= 4 is 0 Å². The number of hydrogen-bond donors (Lipinski definition) is 1. The van der Waals surface area contributed by atoms with Crippen molar-refractivity contribution in [1.82, 2.24) is 19.8 Å². The van der Waals surface area contributed by atoms with E-state index in [1.165, 1.54) is 5.56 Å². The van der Waals surface area contributed by atoms with Crippen LogP contribution in [-0.4, -0.2) is 59.7 Å². The van der Waals surface area contributed by atoms with Crippen LogP contribution < -0.4 is 0 Å². The Hall–Kier alpha value is -1.69. The number of aromatic nitrogens is 2. The summed E-state index contributed by atoms with van der Waals surface area (Å²) in [6.07, 6.45) is 3.82. The van der Waals surface area contributed by atoms with Crippen molar-refractivity contribution in [3.63, 3.8) is 0 Å². The molecule has 0 spiro atoms. The normalized spacial score (nSPS) is 23.0. The van der Waals surface area contributed by atoms with Gasteiger partial charge >= 0.3 is 0 Å². The molecule has 2 aromatic rings. The smallest absolute Gasteiger partial charge is 0.120 e. The van der Waals surface area contributed by atoms with Gasteiger partial charge in [0.05, 0.1) is 25.3 Å². The fourth-order valence-corrected chi connectivity index (χ4v) is 3.15. The molecule has 1 N–H and O–H groups in total. The Morgan fingerprint density at radius 2 is 2.18 bits per heavy atom. The molecule has 0 saturated carbocycles. The first kappa shape index (κ1) is 15.2. The van der Waals surface area contributed by atoms with Crippen LogP contribution in [0.5, 0.6) is 0 Å². The number of nitrogens with one attached hydrogen (secondary N) is 1. The second-order valence-electron chi connectivity index (χ2n) is 5.98. The molecule has 0 amide bonds. The summed E-state index contributed by atoms with van der Waals surface area (Å²) in [6.45, 7) is 3.44. The standard InChI is InChI=1S/C17H24N4O/c1-20(13-16-18-8-9-19-16)12-15-17(21(2)10-11-22-15)14-6-4-3-5-7-14/h3-9,15,17H,10-13H2,1-2H3,(H,18,19)/t15-,17-/m0/s1. The van der Waals surface area contributed by atoms with Gasteiger partial charge in [-0.3, -0.25) is 9.80 Å². The van der Waals surface area contributed by atoms with Crippen LogP contribution in [0, 0.1) is 0 Å². The Balaban J connectivity index is 1.69. The summed E-state index contributed by atoms with van der Waals surface area (Å²) in [7, 11) is 4.29. The Bertz CT molecular complexity index is 557. The molecule has 2 atom stereocenters. The van der Waals surface area contributed by atoms with Crippen LogP contribution in [0.3, 0.4) is 0 Å². The van der Waals surface area contributed by atoms with Gasteiger partial charge in [-0.1, -0.05) is 30.3 Å². The first-order valence-electron chi connectivity index (χ1n) is 7.77. The van der Waals surface area contributed by atoms with E-state index in [-0.39, 0.29) is 6.10 Å². The molecular weight excluding hydrogens is 276 g/mol. The predicted octanol–water partition coefficient (Wildman–Crippen LogP) is 1.91. The lowest BCUT2D eigenvalue weighted by atomic mass is 9.98. The van der Waals surface area contributed by atoms with Crippen molar-refractivity contribution in [3.05, 3.63) is 54.1 Å². The lowest BCUT2D eigenvalue weighted by molar-refractivity contribution is -0.0744. The zero-order valence-corrected chi connectivity index (χ0v) is 13.3. The maximum Gasteiger partial charge on any atom is 0.120 e. The summed E-state index contributed by atoms with van der Waals surface area (Å²) in [5.41, 5.74) is 1.32. The Morgan fingerprint density at radius 1 is 1.36 bits per heavy atom. The minimum atomic E-state index is 0.168. The lowest BCUT2D eigenvalue weighted by Gasteiger charge is -2.40. The van der Waals surface area contributed by atoms with E-state index in [1.54, 1.807) is 6.20 Å². The fraction of sp³-hybridized carbons (Fsp3) is 0.471. The maximum absolute atomic E-state index is 6.09. The second-order valence-corrected chi connectivity index (χ2v) is 5.98. The van der Waals surface area contributed by atoms with E-state index < -0.39 is 0 Å². The van der Waals surface area contributed by atoms with E-state index in [2.05, 4.69) is 64.2 Å². The van der Waals surface area contributed by atoms with E-state index >= 15 is 0 Å². The van der Waals surface area contributed by atoms with Crippen molar-refractivity contribution < 1.29 is 4.74 Å². The summed E-state index contributed by atoms with van der Waals surface area (Å²) in [5.74, 6) is 0.989. The molecule has 2 heterocycles. The van der Waals surface area contributed by atoms with Gasteiger partial charge in [0.1, 0.15) is 5.82 Å². The van der Waals surface area contributed by atoms with E-state index in [9.17, 15) is 0 Å². The molecule has 0 radical (unpaired) electrons. The molecule has 1 saturated heterocycles. The second kappa shape index (κ2) is 7.05. The van der Waals surface area contributed by atoms with Crippen LogP contribution in [0.1, 0.15) is 17.4 Å². The number of nitrogens with zero attached hydrogens (tertiary/aromatic N) is 3. The van der Waals surface area contributed by atoms with Gasteiger partial charge in [-0.25, -0.2) is 4.98 Å². The van der Waals surface area contributed by atoms with Crippen LogP contribution in [0.4, 0.5) is 0 Å². The number of imidazole rings is 1. The van der Waals surface area contributed by atoms with Gasteiger partial charge in [0, 0.05) is 25.5 Å². The van der Waals surface area contributed by atoms with Gasteiger partial charge in [-0.05, 0) is 19.7 Å². The number of benzene rings is 1. The molecule has 5 nitrogen and oxygen atoms in total. The first-order valence-corrected chi connectivity index (χ1v) is 7.77. The first-order chi connectivity index (χ1) is 10.7. The summed E-state index contributed by atoms with van der Waals surface area (Å²) in [6, 6.07) is 10.9. The molecule has 1 aromatic carbocycles. The summed E-state index contributed by atoms with van der Waals surface area (Å²) in [4.78, 5) is 12.1. The molecule has 1 fully saturated rings. The molecule has 5 heteroatoms. The summed E-state index contributed by atoms with van der Waals surface area (Å²) in [5, 5.41) is 0. The number of likely N-dealkylation sites (N-methyl/N-ethyl adjacent to an activating group) is 2. The SMILES string of the molecule is CN(Cc1ncc[nH]1)C[C@@H]1OCCN(C)[C@H]1c1ccccc1. The molecule has 1 aliphatic rings. The maximum atomic E-state index is 6.09. The molecule has 118 valence electrons.